The van der Waals surface area contributed by atoms with Crippen LogP contribution in [-0.2, 0) is 11.2 Å². The van der Waals surface area contributed by atoms with Gasteiger partial charge in [-0.25, -0.2) is 4.39 Å². The van der Waals surface area contributed by atoms with Crippen molar-refractivity contribution < 1.29 is 9.18 Å². The summed E-state index contributed by atoms with van der Waals surface area (Å²) in [4.78, 5) is 12.2. The minimum atomic E-state index is -0.307. The summed E-state index contributed by atoms with van der Waals surface area (Å²) in [6.07, 6.45) is 4.06. The summed E-state index contributed by atoms with van der Waals surface area (Å²) in [5, 5.41) is 0. The molecule has 1 fully saturated rings. The fraction of sp³-hybridized carbons (Fsp3) is 0.533. The second-order valence-electron chi connectivity index (χ2n) is 5.33. The predicted octanol–water partition coefficient (Wildman–Crippen LogP) is 3.46. The number of benzene rings is 1. The quantitative estimate of drug-likeness (QED) is 0.920. The van der Waals surface area contributed by atoms with E-state index in [9.17, 15) is 9.18 Å². The van der Waals surface area contributed by atoms with Crippen molar-refractivity contribution in [2.75, 3.05) is 6.54 Å². The van der Waals surface area contributed by atoms with Crippen LogP contribution in [0.4, 0.5) is 4.39 Å². The van der Waals surface area contributed by atoms with Gasteiger partial charge >= 0.3 is 0 Å². The van der Waals surface area contributed by atoms with Crippen LogP contribution in [0.1, 0.15) is 31.2 Å². The molecule has 19 heavy (non-hydrogen) atoms. The molecular weight excluding hydrogens is 309 g/mol. The zero-order valence-electron chi connectivity index (χ0n) is 10.9. The number of carbonyl (C=O) groups is 1. The summed E-state index contributed by atoms with van der Waals surface area (Å²) >= 11 is 3.22. The molecule has 0 radical (unpaired) electrons. The van der Waals surface area contributed by atoms with Gasteiger partial charge in [-0.1, -0.05) is 22.0 Å². The molecule has 4 heteroatoms. The Balaban J connectivity index is 1.94. The summed E-state index contributed by atoms with van der Waals surface area (Å²) in [7, 11) is 0. The van der Waals surface area contributed by atoms with Gasteiger partial charge in [-0.15, -0.1) is 0 Å². The van der Waals surface area contributed by atoms with E-state index in [2.05, 4.69) is 15.9 Å². The molecule has 0 spiro atoms. The fourth-order valence-corrected chi connectivity index (χ4v) is 3.05. The van der Waals surface area contributed by atoms with E-state index >= 15 is 0 Å². The third-order valence-electron chi connectivity index (χ3n) is 4.02. The first-order chi connectivity index (χ1) is 9.10. The van der Waals surface area contributed by atoms with Crippen molar-refractivity contribution >= 4 is 21.7 Å². The van der Waals surface area contributed by atoms with Crippen LogP contribution >= 0.6 is 15.9 Å². The largest absolute Gasteiger partial charge is 0.330 e. The first-order valence-electron chi connectivity index (χ1n) is 6.77. The molecule has 0 bridgehead atoms. The van der Waals surface area contributed by atoms with Crippen LogP contribution in [0.3, 0.4) is 0 Å². The van der Waals surface area contributed by atoms with Crippen LogP contribution in [0.5, 0.6) is 0 Å². The molecule has 1 saturated carbocycles. The molecular formula is C15H19BrFNO. The number of ketones is 1. The molecule has 1 aliphatic carbocycles. The molecule has 1 aliphatic rings. The maximum atomic E-state index is 13.7. The molecule has 2 N–H and O–H groups in total. The number of hydrogen-bond acceptors (Lipinski definition) is 2. The van der Waals surface area contributed by atoms with Crippen molar-refractivity contribution in [2.24, 2.45) is 17.6 Å². The van der Waals surface area contributed by atoms with Gasteiger partial charge in [0, 0.05) is 16.8 Å². The van der Waals surface area contributed by atoms with Gasteiger partial charge in [0.25, 0.3) is 0 Å². The highest BCUT2D eigenvalue weighted by molar-refractivity contribution is 9.10. The van der Waals surface area contributed by atoms with Crippen LogP contribution < -0.4 is 5.73 Å². The second kappa shape index (κ2) is 6.62. The third-order valence-corrected chi connectivity index (χ3v) is 4.51. The zero-order chi connectivity index (χ0) is 13.8. The highest BCUT2D eigenvalue weighted by atomic mass is 79.9. The normalized spacial score (nSPS) is 23.3. The Morgan fingerprint density at radius 2 is 2.00 bits per heavy atom. The lowest BCUT2D eigenvalue weighted by molar-refractivity contribution is -0.123. The van der Waals surface area contributed by atoms with Crippen molar-refractivity contribution in [3.05, 3.63) is 34.1 Å². The van der Waals surface area contributed by atoms with Gasteiger partial charge in [-0.05, 0) is 55.8 Å². The smallest absolute Gasteiger partial charge is 0.140 e. The van der Waals surface area contributed by atoms with Crippen molar-refractivity contribution in [1.82, 2.24) is 0 Å². The highest BCUT2D eigenvalue weighted by Gasteiger charge is 2.25. The molecule has 1 aromatic rings. The third kappa shape index (κ3) is 3.86. The van der Waals surface area contributed by atoms with Crippen LogP contribution in [0.2, 0.25) is 0 Å². The Bertz CT molecular complexity index is 455. The van der Waals surface area contributed by atoms with Crippen molar-refractivity contribution in [3.8, 4) is 0 Å². The number of nitrogens with two attached hydrogens (primary N) is 1. The molecule has 0 saturated heterocycles. The van der Waals surface area contributed by atoms with Gasteiger partial charge in [0.2, 0.25) is 0 Å². The molecule has 104 valence electrons. The Morgan fingerprint density at radius 1 is 1.32 bits per heavy atom. The molecule has 0 atom stereocenters. The van der Waals surface area contributed by atoms with E-state index in [0.717, 1.165) is 25.7 Å². The molecule has 0 heterocycles. The van der Waals surface area contributed by atoms with Crippen molar-refractivity contribution in [3.63, 3.8) is 0 Å². The Kier molecular flexibility index (Phi) is 5.11. The number of rotatable bonds is 4. The topological polar surface area (TPSA) is 43.1 Å². The fourth-order valence-electron chi connectivity index (χ4n) is 2.72. The van der Waals surface area contributed by atoms with Gasteiger partial charge in [-0.3, -0.25) is 4.79 Å². The minimum Gasteiger partial charge on any atom is -0.330 e. The van der Waals surface area contributed by atoms with Gasteiger partial charge in [-0.2, -0.15) is 0 Å². The average Bonchev–Trinajstić information content (AvgIpc) is 2.42. The van der Waals surface area contributed by atoms with E-state index in [-0.39, 0.29) is 23.9 Å². The molecule has 0 amide bonds. The van der Waals surface area contributed by atoms with Crippen molar-refractivity contribution in [1.29, 1.82) is 0 Å². The van der Waals surface area contributed by atoms with Gasteiger partial charge in [0.1, 0.15) is 11.6 Å². The standard InChI is InChI=1S/C15H19BrFNO/c16-13-6-5-12(14(17)8-13)7-15(19)11-3-1-10(9-18)2-4-11/h5-6,8,10-11H,1-4,7,9,18H2. The van der Waals surface area contributed by atoms with E-state index in [1.54, 1.807) is 12.1 Å². The summed E-state index contributed by atoms with van der Waals surface area (Å²) in [6, 6.07) is 4.87. The maximum Gasteiger partial charge on any atom is 0.140 e. The molecule has 0 unspecified atom stereocenters. The average molecular weight is 328 g/mol. The minimum absolute atomic E-state index is 0.0887. The van der Waals surface area contributed by atoms with E-state index in [0.29, 0.717) is 22.5 Å². The van der Waals surface area contributed by atoms with Crippen LogP contribution in [0.25, 0.3) is 0 Å². The predicted molar refractivity (Wildman–Crippen MR) is 77.3 cm³/mol. The first kappa shape index (κ1) is 14.7. The lowest BCUT2D eigenvalue weighted by Gasteiger charge is -2.26. The molecule has 0 aliphatic heterocycles. The van der Waals surface area contributed by atoms with E-state index < -0.39 is 0 Å². The second-order valence-corrected chi connectivity index (χ2v) is 6.25. The van der Waals surface area contributed by atoms with E-state index in [4.69, 9.17) is 5.73 Å². The summed E-state index contributed by atoms with van der Waals surface area (Å²) in [5.41, 5.74) is 6.14. The van der Waals surface area contributed by atoms with Gasteiger partial charge in [0.15, 0.2) is 0 Å². The Morgan fingerprint density at radius 3 is 2.58 bits per heavy atom. The zero-order valence-corrected chi connectivity index (χ0v) is 12.5. The first-order valence-corrected chi connectivity index (χ1v) is 7.56. The van der Waals surface area contributed by atoms with Crippen molar-refractivity contribution in [2.45, 2.75) is 32.1 Å². The monoisotopic (exact) mass is 327 g/mol. The highest BCUT2D eigenvalue weighted by Crippen LogP contribution is 2.29. The van der Waals surface area contributed by atoms with E-state index in [1.807, 2.05) is 0 Å². The lowest BCUT2D eigenvalue weighted by atomic mass is 9.79. The summed E-state index contributed by atoms with van der Waals surface area (Å²) < 4.78 is 14.4. The number of carbonyl (C=O) groups excluding carboxylic acids is 1. The van der Waals surface area contributed by atoms with Crippen LogP contribution in [0, 0.1) is 17.7 Å². The van der Waals surface area contributed by atoms with E-state index in [1.165, 1.54) is 6.07 Å². The summed E-state index contributed by atoms with van der Waals surface area (Å²) in [5.74, 6) is 0.509. The Labute approximate surface area is 121 Å². The lowest BCUT2D eigenvalue weighted by Crippen LogP contribution is -2.26. The number of hydrogen-bond donors (Lipinski definition) is 1. The molecule has 2 rings (SSSR count). The van der Waals surface area contributed by atoms with Gasteiger partial charge in [0.05, 0.1) is 0 Å². The van der Waals surface area contributed by atoms with Crippen LogP contribution in [-0.4, -0.2) is 12.3 Å². The molecule has 0 aromatic heterocycles. The SMILES string of the molecule is NCC1CCC(C(=O)Cc2ccc(Br)cc2F)CC1. The Hall–Kier alpha value is -0.740. The number of Topliss-reactive ketones (excluding diaryl/α,β-unsaturated/α-hetero) is 1. The van der Waals surface area contributed by atoms with Gasteiger partial charge < -0.3 is 5.73 Å². The molecule has 1 aromatic carbocycles. The van der Waals surface area contributed by atoms with Crippen LogP contribution in [0.15, 0.2) is 22.7 Å². The maximum absolute atomic E-state index is 13.7. The summed E-state index contributed by atoms with van der Waals surface area (Å²) in [6.45, 7) is 0.711. The molecule has 2 nitrogen and oxygen atoms in total. The number of halogens is 2.